The molecule has 1 atom stereocenters. The summed E-state index contributed by atoms with van der Waals surface area (Å²) in [5.41, 5.74) is 12.1. The van der Waals surface area contributed by atoms with E-state index in [0.29, 0.717) is 11.7 Å². The first kappa shape index (κ1) is 18.8. The first-order chi connectivity index (χ1) is 12.5. The molecule has 4 N–H and O–H groups in total. The average Bonchev–Trinajstić information content (AvgIpc) is 3.14. The Morgan fingerprint density at radius 3 is 2.69 bits per heavy atom. The van der Waals surface area contributed by atoms with E-state index in [1.165, 1.54) is 25.7 Å². The van der Waals surface area contributed by atoms with Crippen LogP contribution in [0, 0.1) is 12.8 Å². The maximum Gasteiger partial charge on any atom is 0.192 e. The fraction of sp³-hybridized carbons (Fsp3) is 0.474. The van der Waals surface area contributed by atoms with Crippen molar-refractivity contribution in [3.8, 4) is 0 Å². The minimum Gasteiger partial charge on any atom is -0.370 e. The molecule has 6 nitrogen and oxygen atoms in total. The van der Waals surface area contributed by atoms with Crippen molar-refractivity contribution in [2.45, 2.75) is 44.4 Å². The van der Waals surface area contributed by atoms with Crippen LogP contribution in [0.2, 0.25) is 0 Å². The summed E-state index contributed by atoms with van der Waals surface area (Å²) in [6.45, 7) is 5.69. The van der Waals surface area contributed by atoms with Crippen LogP contribution in [0.1, 0.15) is 38.2 Å². The van der Waals surface area contributed by atoms with Crippen molar-refractivity contribution < 1.29 is 4.21 Å². The topological polar surface area (TPSA) is 97.6 Å². The number of guanidine groups is 1. The highest BCUT2D eigenvalue weighted by molar-refractivity contribution is 7.82. The van der Waals surface area contributed by atoms with E-state index in [-0.39, 0.29) is 5.96 Å². The molecule has 0 radical (unpaired) electrons. The van der Waals surface area contributed by atoms with Gasteiger partial charge in [-0.25, -0.2) is 13.5 Å². The normalized spacial score (nSPS) is 16.3. The lowest BCUT2D eigenvalue weighted by Crippen LogP contribution is -2.30. The molecule has 0 amide bonds. The van der Waals surface area contributed by atoms with Gasteiger partial charge in [0.1, 0.15) is 11.0 Å². The number of hydrogen-bond donors (Lipinski definition) is 2. The Morgan fingerprint density at radius 2 is 2.04 bits per heavy atom. The molecule has 0 spiro atoms. The van der Waals surface area contributed by atoms with Crippen molar-refractivity contribution in [3.63, 3.8) is 0 Å². The van der Waals surface area contributed by atoms with Crippen LogP contribution in [0.4, 0.5) is 5.82 Å². The quantitative estimate of drug-likeness (QED) is 0.601. The van der Waals surface area contributed by atoms with Gasteiger partial charge in [-0.3, -0.25) is 0 Å². The zero-order chi connectivity index (χ0) is 18.7. The number of nitrogens with zero attached hydrogens (tertiary/aromatic N) is 3. The molecule has 0 bridgehead atoms. The predicted octanol–water partition coefficient (Wildman–Crippen LogP) is 2.98. The van der Waals surface area contributed by atoms with Gasteiger partial charge in [-0.1, -0.05) is 25.8 Å². The van der Waals surface area contributed by atoms with Gasteiger partial charge >= 0.3 is 0 Å². The van der Waals surface area contributed by atoms with Crippen LogP contribution in [0.15, 0.2) is 34.3 Å². The van der Waals surface area contributed by atoms with Crippen molar-refractivity contribution in [3.05, 3.63) is 30.0 Å². The van der Waals surface area contributed by atoms with E-state index in [4.69, 9.17) is 11.5 Å². The van der Waals surface area contributed by atoms with Crippen molar-refractivity contribution in [2.75, 3.05) is 13.1 Å². The van der Waals surface area contributed by atoms with Crippen LogP contribution in [0.25, 0.3) is 10.8 Å². The summed E-state index contributed by atoms with van der Waals surface area (Å²) in [7, 11) is -1.21. The molecule has 140 valence electrons. The average molecular weight is 374 g/mol. The lowest BCUT2D eigenvalue weighted by molar-refractivity contribution is 0.374. The summed E-state index contributed by atoms with van der Waals surface area (Å²) < 4.78 is 15.2. The fourth-order valence-corrected chi connectivity index (χ4v) is 4.90. The second-order valence-corrected chi connectivity index (χ2v) is 8.38. The third-order valence-corrected chi connectivity index (χ3v) is 6.53. The van der Waals surface area contributed by atoms with E-state index in [1.807, 2.05) is 25.1 Å². The van der Waals surface area contributed by atoms with Gasteiger partial charge in [0, 0.05) is 24.7 Å². The van der Waals surface area contributed by atoms with Gasteiger partial charge in [0.05, 0.1) is 4.90 Å². The van der Waals surface area contributed by atoms with Crippen LogP contribution < -0.4 is 11.5 Å². The largest absolute Gasteiger partial charge is 0.370 e. The van der Waals surface area contributed by atoms with Crippen LogP contribution in [0.5, 0.6) is 0 Å². The Labute approximate surface area is 157 Å². The Morgan fingerprint density at radius 1 is 1.31 bits per heavy atom. The van der Waals surface area contributed by atoms with Crippen LogP contribution in [-0.4, -0.2) is 32.5 Å². The van der Waals surface area contributed by atoms with E-state index >= 15 is 0 Å². The van der Waals surface area contributed by atoms with Crippen LogP contribution in [0.3, 0.4) is 0 Å². The van der Waals surface area contributed by atoms with Crippen molar-refractivity contribution in [1.82, 2.24) is 9.29 Å². The van der Waals surface area contributed by atoms with E-state index < -0.39 is 11.0 Å². The van der Waals surface area contributed by atoms with Gasteiger partial charge in [-0.2, -0.15) is 4.99 Å². The molecule has 7 heteroatoms. The number of fused-ring (bicyclic) bond motifs is 1. The maximum atomic E-state index is 13.2. The molecule has 0 saturated heterocycles. The fourth-order valence-electron chi connectivity index (χ4n) is 3.61. The molecular weight excluding hydrogens is 346 g/mol. The first-order valence-corrected chi connectivity index (χ1v) is 10.3. The number of aliphatic imine (C=N–C) groups is 1. The summed E-state index contributed by atoms with van der Waals surface area (Å²) in [4.78, 5) is 9.22. The van der Waals surface area contributed by atoms with Crippen molar-refractivity contribution in [2.24, 2.45) is 22.4 Å². The van der Waals surface area contributed by atoms with E-state index in [1.54, 1.807) is 6.20 Å². The second-order valence-electron chi connectivity index (χ2n) is 6.89. The third-order valence-electron chi connectivity index (χ3n) is 5.00. The minimum atomic E-state index is -1.21. The van der Waals surface area contributed by atoms with Gasteiger partial charge in [0.15, 0.2) is 11.8 Å². The number of rotatable bonds is 6. The lowest BCUT2D eigenvalue weighted by Gasteiger charge is -2.23. The molecule has 0 aliphatic heterocycles. The number of aromatic nitrogens is 1. The second kappa shape index (κ2) is 8.14. The SMILES string of the molecule is CCN(CC1CCCC1)S(=O)c1ccc2c(C)cnc(N=C(N)N)c2c1. The van der Waals surface area contributed by atoms with E-state index in [0.717, 1.165) is 34.3 Å². The molecule has 2 aromatic rings. The number of nitrogens with two attached hydrogens (primary N) is 2. The molecule has 1 aromatic carbocycles. The first-order valence-electron chi connectivity index (χ1n) is 9.15. The monoisotopic (exact) mass is 373 g/mol. The molecule has 1 fully saturated rings. The highest BCUT2D eigenvalue weighted by atomic mass is 32.2. The Kier molecular flexibility index (Phi) is 5.88. The number of hydrogen-bond acceptors (Lipinski definition) is 3. The Hall–Kier alpha value is -1.99. The molecule has 1 saturated carbocycles. The van der Waals surface area contributed by atoms with Gasteiger partial charge in [-0.15, -0.1) is 0 Å². The maximum absolute atomic E-state index is 13.2. The molecule has 1 heterocycles. The highest BCUT2D eigenvalue weighted by Gasteiger charge is 2.22. The molecule has 1 aliphatic rings. The van der Waals surface area contributed by atoms with Crippen LogP contribution >= 0.6 is 0 Å². The van der Waals surface area contributed by atoms with E-state index in [9.17, 15) is 4.21 Å². The summed E-state index contributed by atoms with van der Waals surface area (Å²) in [6.07, 6.45) is 6.81. The predicted molar refractivity (Wildman–Crippen MR) is 108 cm³/mol. The summed E-state index contributed by atoms with van der Waals surface area (Å²) >= 11 is 0. The minimum absolute atomic E-state index is 0.0365. The Balaban J connectivity index is 1.96. The van der Waals surface area contributed by atoms with Gasteiger partial charge < -0.3 is 11.5 Å². The standard InChI is InChI=1S/C19H27N5OS/c1-3-24(12-14-6-4-5-7-14)26(25)15-8-9-16-13(2)11-22-18(17(16)10-15)23-19(20)21/h8-11,14H,3-7,12H2,1-2H3,(H4,20,21,22,23). The molecule has 1 aromatic heterocycles. The highest BCUT2D eigenvalue weighted by Crippen LogP contribution is 2.30. The summed E-state index contributed by atoms with van der Waals surface area (Å²) in [6, 6.07) is 5.82. The van der Waals surface area contributed by atoms with Gasteiger partial charge in [-0.05, 0) is 48.8 Å². The molecular formula is C19H27N5OS. The summed E-state index contributed by atoms with van der Waals surface area (Å²) in [5, 5.41) is 1.83. The zero-order valence-electron chi connectivity index (χ0n) is 15.4. The molecule has 26 heavy (non-hydrogen) atoms. The number of benzene rings is 1. The molecule has 3 rings (SSSR count). The van der Waals surface area contributed by atoms with Gasteiger partial charge in [0.2, 0.25) is 0 Å². The number of pyridine rings is 1. The lowest BCUT2D eigenvalue weighted by atomic mass is 10.1. The zero-order valence-corrected chi connectivity index (χ0v) is 16.3. The van der Waals surface area contributed by atoms with E-state index in [2.05, 4.69) is 21.2 Å². The van der Waals surface area contributed by atoms with Crippen LogP contribution in [-0.2, 0) is 11.0 Å². The molecule has 1 unspecified atom stereocenters. The van der Waals surface area contributed by atoms with Gasteiger partial charge in [0.25, 0.3) is 0 Å². The third kappa shape index (κ3) is 4.04. The van der Waals surface area contributed by atoms with Crippen molar-refractivity contribution >= 4 is 33.5 Å². The number of aryl methyl sites for hydroxylation is 1. The smallest absolute Gasteiger partial charge is 0.192 e. The Bertz CT molecular complexity index is 841. The van der Waals surface area contributed by atoms with Crippen molar-refractivity contribution in [1.29, 1.82) is 0 Å². The molecule has 1 aliphatic carbocycles. The summed E-state index contributed by atoms with van der Waals surface area (Å²) in [5.74, 6) is 1.08.